The van der Waals surface area contributed by atoms with Crippen LogP contribution in [-0.2, 0) is 11.3 Å². The molecule has 0 radical (unpaired) electrons. The molecule has 0 spiro atoms. The number of nitro groups is 1. The van der Waals surface area contributed by atoms with Crippen molar-refractivity contribution in [3.63, 3.8) is 0 Å². The van der Waals surface area contributed by atoms with Gasteiger partial charge in [0.1, 0.15) is 17.2 Å². The lowest BCUT2D eigenvalue weighted by molar-refractivity contribution is -0.384. The molecule has 1 aromatic carbocycles. The Hall–Kier alpha value is -3.54. The number of hydrogen-bond donors (Lipinski definition) is 1. The molecular formula is C22H26N6O5S. The Morgan fingerprint density at radius 3 is 2.79 bits per heavy atom. The quantitative estimate of drug-likeness (QED) is 0.257. The van der Waals surface area contributed by atoms with Crippen molar-refractivity contribution in [2.24, 2.45) is 0 Å². The zero-order valence-corrected chi connectivity index (χ0v) is 19.6. The molecule has 1 aliphatic rings. The molecule has 1 aliphatic heterocycles. The number of anilines is 2. The summed E-state index contributed by atoms with van der Waals surface area (Å²) in [7, 11) is 0. The first-order chi connectivity index (χ1) is 16.5. The van der Waals surface area contributed by atoms with Crippen LogP contribution in [0.4, 0.5) is 17.3 Å². The van der Waals surface area contributed by atoms with Gasteiger partial charge in [-0.05, 0) is 50.5 Å². The second-order valence-corrected chi connectivity index (χ2v) is 8.64. The minimum atomic E-state index is -0.545. The van der Waals surface area contributed by atoms with Gasteiger partial charge in [0.15, 0.2) is 5.16 Å². The number of hydrogen-bond acceptors (Lipinski definition) is 9. The second kappa shape index (κ2) is 11.1. The number of nitrogens with zero attached hydrogens (tertiary/aromatic N) is 5. The van der Waals surface area contributed by atoms with Crippen molar-refractivity contribution >= 4 is 35.0 Å². The molecule has 1 saturated heterocycles. The molecule has 1 amide bonds. The van der Waals surface area contributed by atoms with Crippen molar-refractivity contribution < 1.29 is 18.9 Å². The first kappa shape index (κ1) is 23.6. The predicted molar refractivity (Wildman–Crippen MR) is 128 cm³/mol. The number of piperidine rings is 1. The highest BCUT2D eigenvalue weighted by Gasteiger charge is 2.23. The molecule has 1 N–H and O–H groups in total. The van der Waals surface area contributed by atoms with Gasteiger partial charge in [-0.3, -0.25) is 19.5 Å². The maximum Gasteiger partial charge on any atom is 0.296 e. The van der Waals surface area contributed by atoms with Crippen LogP contribution >= 0.6 is 11.8 Å². The van der Waals surface area contributed by atoms with Crippen LogP contribution in [0.15, 0.2) is 46.2 Å². The highest BCUT2D eigenvalue weighted by atomic mass is 32.2. The second-order valence-electron chi connectivity index (χ2n) is 7.70. The van der Waals surface area contributed by atoms with E-state index in [0.717, 1.165) is 37.6 Å². The fourth-order valence-corrected chi connectivity index (χ4v) is 4.49. The van der Waals surface area contributed by atoms with E-state index in [-0.39, 0.29) is 23.0 Å². The van der Waals surface area contributed by atoms with Gasteiger partial charge in [0.25, 0.3) is 5.69 Å². The summed E-state index contributed by atoms with van der Waals surface area (Å²) in [6, 6.07) is 8.07. The molecule has 180 valence electrons. The van der Waals surface area contributed by atoms with Crippen LogP contribution in [0.25, 0.3) is 0 Å². The monoisotopic (exact) mass is 486 g/mol. The molecule has 3 heterocycles. The number of thioether (sulfide) groups is 1. The number of rotatable bonds is 10. The summed E-state index contributed by atoms with van der Waals surface area (Å²) in [4.78, 5) is 25.7. The van der Waals surface area contributed by atoms with Crippen molar-refractivity contribution in [3.8, 4) is 5.75 Å². The number of benzene rings is 1. The van der Waals surface area contributed by atoms with Crippen LogP contribution in [-0.4, -0.2) is 51.0 Å². The predicted octanol–water partition coefficient (Wildman–Crippen LogP) is 3.95. The number of amides is 1. The number of carbonyl (C=O) groups is 1. The Morgan fingerprint density at radius 2 is 2.09 bits per heavy atom. The lowest BCUT2D eigenvalue weighted by atomic mass is 10.1. The van der Waals surface area contributed by atoms with Gasteiger partial charge in [0.05, 0.1) is 36.2 Å². The largest absolute Gasteiger partial charge is 0.494 e. The molecule has 0 atom stereocenters. The summed E-state index contributed by atoms with van der Waals surface area (Å²) in [5, 5.41) is 23.4. The smallest absolute Gasteiger partial charge is 0.296 e. The van der Waals surface area contributed by atoms with E-state index in [9.17, 15) is 14.9 Å². The molecule has 0 unspecified atom stereocenters. The van der Waals surface area contributed by atoms with E-state index >= 15 is 0 Å². The van der Waals surface area contributed by atoms with E-state index in [0.29, 0.717) is 24.1 Å². The van der Waals surface area contributed by atoms with Gasteiger partial charge < -0.3 is 19.4 Å². The van der Waals surface area contributed by atoms with E-state index in [2.05, 4.69) is 20.4 Å². The minimum Gasteiger partial charge on any atom is -0.494 e. The van der Waals surface area contributed by atoms with Gasteiger partial charge in [-0.1, -0.05) is 11.8 Å². The zero-order chi connectivity index (χ0) is 23.9. The highest BCUT2D eigenvalue weighted by molar-refractivity contribution is 7.99. The average Bonchev–Trinajstić information content (AvgIpc) is 3.50. The van der Waals surface area contributed by atoms with Gasteiger partial charge in [-0.2, -0.15) is 0 Å². The van der Waals surface area contributed by atoms with Crippen LogP contribution in [0.5, 0.6) is 5.75 Å². The summed E-state index contributed by atoms with van der Waals surface area (Å²) in [5.74, 6) is 1.51. The lowest BCUT2D eigenvalue weighted by Gasteiger charge is -2.27. The topological polar surface area (TPSA) is 129 Å². The van der Waals surface area contributed by atoms with E-state index < -0.39 is 4.92 Å². The number of aromatic nitrogens is 3. The SMILES string of the molecule is CCOc1ccc(NC(=O)CSc2nnc(N3CCCCC3)n2Cc2ccco2)c([N+](=O)[O-])c1. The lowest BCUT2D eigenvalue weighted by Crippen LogP contribution is -2.32. The van der Waals surface area contributed by atoms with Crippen LogP contribution in [0.1, 0.15) is 31.9 Å². The molecule has 34 heavy (non-hydrogen) atoms. The number of ether oxygens (including phenoxy) is 1. The molecule has 0 bridgehead atoms. The Balaban J connectivity index is 1.47. The zero-order valence-electron chi connectivity index (χ0n) is 18.8. The third-order valence-electron chi connectivity index (χ3n) is 5.31. The van der Waals surface area contributed by atoms with Crippen LogP contribution in [0.3, 0.4) is 0 Å². The molecule has 12 heteroatoms. The first-order valence-electron chi connectivity index (χ1n) is 11.1. The van der Waals surface area contributed by atoms with Gasteiger partial charge in [-0.25, -0.2) is 0 Å². The summed E-state index contributed by atoms with van der Waals surface area (Å²) < 4.78 is 12.8. The molecule has 3 aromatic rings. The average molecular weight is 487 g/mol. The highest BCUT2D eigenvalue weighted by Crippen LogP contribution is 2.30. The maximum absolute atomic E-state index is 12.6. The van der Waals surface area contributed by atoms with Crippen LogP contribution in [0.2, 0.25) is 0 Å². The van der Waals surface area contributed by atoms with Gasteiger partial charge in [0.2, 0.25) is 11.9 Å². The normalized spacial score (nSPS) is 13.6. The Labute approximate surface area is 200 Å². The van der Waals surface area contributed by atoms with Gasteiger partial charge >= 0.3 is 0 Å². The Kier molecular flexibility index (Phi) is 7.68. The van der Waals surface area contributed by atoms with E-state index in [1.807, 2.05) is 16.7 Å². The van der Waals surface area contributed by atoms with Crippen molar-refractivity contribution in [2.75, 3.05) is 35.7 Å². The molecule has 2 aromatic heterocycles. The molecule has 0 aliphatic carbocycles. The minimum absolute atomic E-state index is 0.0145. The van der Waals surface area contributed by atoms with E-state index in [1.165, 1.54) is 30.3 Å². The summed E-state index contributed by atoms with van der Waals surface area (Å²) in [6.45, 7) is 4.43. The van der Waals surface area contributed by atoms with E-state index in [4.69, 9.17) is 9.15 Å². The molecule has 4 rings (SSSR count). The van der Waals surface area contributed by atoms with Crippen LogP contribution in [0, 0.1) is 10.1 Å². The molecular weight excluding hydrogens is 460 g/mol. The standard InChI is InChI=1S/C22H26N6O5S/c1-2-32-16-8-9-18(19(13-16)28(30)31)23-20(29)15-34-22-25-24-21(26-10-4-3-5-11-26)27(22)14-17-7-6-12-33-17/h6-9,12-13H,2-5,10-11,14-15H2,1H3,(H,23,29). The first-order valence-corrected chi connectivity index (χ1v) is 12.1. The van der Waals surface area contributed by atoms with Gasteiger partial charge in [0, 0.05) is 13.1 Å². The number of nitro benzene ring substituents is 1. The Morgan fingerprint density at radius 1 is 1.26 bits per heavy atom. The van der Waals surface area contributed by atoms with Gasteiger partial charge in [-0.15, -0.1) is 10.2 Å². The van der Waals surface area contributed by atoms with Crippen molar-refractivity contribution in [1.29, 1.82) is 0 Å². The fraction of sp³-hybridized carbons (Fsp3) is 0.409. The van der Waals surface area contributed by atoms with Crippen molar-refractivity contribution in [2.45, 2.75) is 37.9 Å². The summed E-state index contributed by atoms with van der Waals surface area (Å²) in [5.41, 5.74) is -0.109. The van der Waals surface area contributed by atoms with Crippen molar-refractivity contribution in [3.05, 3.63) is 52.5 Å². The molecule has 1 fully saturated rings. The van der Waals surface area contributed by atoms with Crippen LogP contribution < -0.4 is 15.0 Å². The number of nitrogens with one attached hydrogen (secondary N) is 1. The fourth-order valence-electron chi connectivity index (χ4n) is 3.75. The van der Waals surface area contributed by atoms with Crippen molar-refractivity contribution in [1.82, 2.24) is 14.8 Å². The maximum atomic E-state index is 12.6. The summed E-state index contributed by atoms with van der Waals surface area (Å²) >= 11 is 1.22. The number of carbonyl (C=O) groups excluding carboxylic acids is 1. The third-order valence-corrected chi connectivity index (χ3v) is 6.28. The van der Waals surface area contributed by atoms with E-state index in [1.54, 1.807) is 19.3 Å². The Bertz CT molecular complexity index is 1130. The summed E-state index contributed by atoms with van der Waals surface area (Å²) in [6.07, 6.45) is 5.01. The molecule has 0 saturated carbocycles. The molecule has 11 nitrogen and oxygen atoms in total. The number of furan rings is 1. The third kappa shape index (κ3) is 5.68.